The van der Waals surface area contributed by atoms with E-state index in [-0.39, 0.29) is 5.91 Å². The maximum atomic E-state index is 11.6. The van der Waals surface area contributed by atoms with Gasteiger partial charge in [-0.3, -0.25) is 14.6 Å². The largest absolute Gasteiger partial charge is 0.384 e. The van der Waals surface area contributed by atoms with Gasteiger partial charge in [-0.15, -0.1) is 0 Å². The highest BCUT2D eigenvalue weighted by atomic mass is 16.1. The van der Waals surface area contributed by atoms with Gasteiger partial charge in [-0.2, -0.15) is 0 Å². The number of aromatic nitrogens is 1. The molecule has 114 valence electrons. The molecular weight excluding hydrogens is 280 g/mol. The van der Waals surface area contributed by atoms with Crippen LogP contribution in [0.2, 0.25) is 0 Å². The summed E-state index contributed by atoms with van der Waals surface area (Å²) < 4.78 is 0. The number of benzene rings is 1. The predicted molar refractivity (Wildman–Crippen MR) is 84.8 cm³/mol. The van der Waals surface area contributed by atoms with Crippen LogP contribution in [0, 0.1) is 0 Å². The van der Waals surface area contributed by atoms with Crippen molar-refractivity contribution in [2.75, 3.05) is 18.9 Å². The number of nitrogens with one attached hydrogen (secondary N) is 2. The number of pyridine rings is 1. The third-order valence-electron chi connectivity index (χ3n) is 3.23. The van der Waals surface area contributed by atoms with Gasteiger partial charge >= 0.3 is 0 Å². The van der Waals surface area contributed by atoms with Crippen molar-refractivity contribution in [1.82, 2.24) is 10.3 Å². The van der Waals surface area contributed by atoms with E-state index in [1.807, 2.05) is 18.2 Å². The number of nitrogens with zero attached hydrogens (tertiary/aromatic N) is 1. The minimum atomic E-state index is -0.516. The molecule has 1 aromatic carbocycles. The first-order valence-electron chi connectivity index (χ1n) is 6.90. The monoisotopic (exact) mass is 298 g/mol. The molecule has 6 nitrogen and oxygen atoms in total. The fraction of sp³-hybridized carbons (Fsp3) is 0.188. The van der Waals surface area contributed by atoms with Crippen LogP contribution in [0.1, 0.15) is 26.3 Å². The summed E-state index contributed by atoms with van der Waals surface area (Å²) >= 11 is 0. The van der Waals surface area contributed by atoms with Crippen LogP contribution in [0.5, 0.6) is 0 Å². The number of rotatable bonds is 6. The third kappa shape index (κ3) is 3.82. The number of anilines is 1. The molecule has 0 aliphatic heterocycles. The fourth-order valence-electron chi connectivity index (χ4n) is 2.10. The van der Waals surface area contributed by atoms with Gasteiger partial charge in [-0.25, -0.2) is 0 Å². The molecule has 0 fully saturated rings. The highest BCUT2D eigenvalue weighted by Gasteiger charge is 2.07. The number of amides is 2. The zero-order valence-corrected chi connectivity index (χ0v) is 12.3. The summed E-state index contributed by atoms with van der Waals surface area (Å²) in [6.07, 6.45) is 3.75. The first kappa shape index (κ1) is 15.5. The van der Waals surface area contributed by atoms with Gasteiger partial charge in [0.05, 0.1) is 11.3 Å². The minimum absolute atomic E-state index is 0.111. The molecule has 22 heavy (non-hydrogen) atoms. The molecule has 2 amide bonds. The van der Waals surface area contributed by atoms with Gasteiger partial charge in [-0.1, -0.05) is 12.1 Å². The van der Waals surface area contributed by atoms with Crippen molar-refractivity contribution in [1.29, 1.82) is 0 Å². The molecule has 0 spiro atoms. The summed E-state index contributed by atoms with van der Waals surface area (Å²) in [7, 11) is 1.60. The quantitative estimate of drug-likeness (QED) is 0.746. The molecule has 0 saturated carbocycles. The Labute approximate surface area is 128 Å². The van der Waals surface area contributed by atoms with Gasteiger partial charge in [0.2, 0.25) is 0 Å². The standard InChI is InChI=1S/C16H18N4O2/c1-18-16(22)12-4-2-3-11(9-12)5-8-20-14-6-7-19-10-13(14)15(17)21/h2-4,6-7,9-10H,5,8H2,1H3,(H2,17,21)(H,18,22)(H,19,20). The molecule has 0 aliphatic carbocycles. The summed E-state index contributed by atoms with van der Waals surface area (Å²) in [6.45, 7) is 0.613. The van der Waals surface area contributed by atoms with E-state index in [1.165, 1.54) is 6.20 Å². The Morgan fingerprint density at radius 3 is 2.82 bits per heavy atom. The highest BCUT2D eigenvalue weighted by Crippen LogP contribution is 2.13. The number of carbonyl (C=O) groups excluding carboxylic acids is 2. The van der Waals surface area contributed by atoms with E-state index in [0.29, 0.717) is 29.8 Å². The molecule has 2 aromatic rings. The second-order valence-electron chi connectivity index (χ2n) is 4.74. The molecule has 0 saturated heterocycles. The van der Waals surface area contributed by atoms with Crippen LogP contribution in [0.15, 0.2) is 42.7 Å². The van der Waals surface area contributed by atoms with Crippen molar-refractivity contribution in [3.63, 3.8) is 0 Å². The van der Waals surface area contributed by atoms with E-state index in [2.05, 4.69) is 15.6 Å². The Bertz CT molecular complexity index is 685. The third-order valence-corrected chi connectivity index (χ3v) is 3.23. The molecule has 1 aromatic heterocycles. The van der Waals surface area contributed by atoms with E-state index in [0.717, 1.165) is 5.56 Å². The summed E-state index contributed by atoms with van der Waals surface area (Å²) in [4.78, 5) is 26.8. The van der Waals surface area contributed by atoms with Gasteiger partial charge < -0.3 is 16.4 Å². The van der Waals surface area contributed by atoms with Crippen molar-refractivity contribution in [2.45, 2.75) is 6.42 Å². The molecule has 0 aliphatic rings. The first-order chi connectivity index (χ1) is 10.6. The average molecular weight is 298 g/mol. The summed E-state index contributed by atoms with van der Waals surface area (Å²) in [5.41, 5.74) is 7.98. The van der Waals surface area contributed by atoms with Crippen LogP contribution < -0.4 is 16.4 Å². The number of carbonyl (C=O) groups is 2. The predicted octanol–water partition coefficient (Wildman–Crippen LogP) is 1.19. The average Bonchev–Trinajstić information content (AvgIpc) is 2.54. The normalized spacial score (nSPS) is 10.0. The first-order valence-corrected chi connectivity index (χ1v) is 6.90. The molecule has 6 heteroatoms. The van der Waals surface area contributed by atoms with Crippen molar-refractivity contribution < 1.29 is 9.59 Å². The van der Waals surface area contributed by atoms with Gasteiger partial charge in [0.1, 0.15) is 0 Å². The Morgan fingerprint density at radius 2 is 2.09 bits per heavy atom. The topological polar surface area (TPSA) is 97.1 Å². The highest BCUT2D eigenvalue weighted by molar-refractivity contribution is 5.98. The van der Waals surface area contributed by atoms with Gasteiger partial charge in [0.15, 0.2) is 0 Å². The van der Waals surface area contributed by atoms with E-state index >= 15 is 0 Å². The Kier molecular flexibility index (Phi) is 5.08. The van der Waals surface area contributed by atoms with Crippen molar-refractivity contribution >= 4 is 17.5 Å². The van der Waals surface area contributed by atoms with Crippen LogP contribution in [-0.4, -0.2) is 30.4 Å². The number of primary amides is 1. The van der Waals surface area contributed by atoms with Crippen molar-refractivity contribution in [3.05, 3.63) is 59.4 Å². The Balaban J connectivity index is 2.00. The number of nitrogens with two attached hydrogens (primary N) is 1. The van der Waals surface area contributed by atoms with Gasteiger partial charge in [-0.05, 0) is 30.2 Å². The SMILES string of the molecule is CNC(=O)c1cccc(CCNc2ccncc2C(N)=O)c1. The van der Waals surface area contributed by atoms with Gasteiger partial charge in [0.25, 0.3) is 11.8 Å². The second kappa shape index (κ2) is 7.21. The second-order valence-corrected chi connectivity index (χ2v) is 4.74. The summed E-state index contributed by atoms with van der Waals surface area (Å²) in [5.74, 6) is -0.628. The van der Waals surface area contributed by atoms with E-state index < -0.39 is 5.91 Å². The zero-order chi connectivity index (χ0) is 15.9. The molecule has 4 N–H and O–H groups in total. The molecule has 1 heterocycles. The van der Waals surface area contributed by atoms with Crippen LogP contribution in [0.25, 0.3) is 0 Å². The van der Waals surface area contributed by atoms with E-state index in [9.17, 15) is 9.59 Å². The summed E-state index contributed by atoms with van der Waals surface area (Å²) in [5, 5.41) is 5.76. The smallest absolute Gasteiger partial charge is 0.252 e. The van der Waals surface area contributed by atoms with Crippen LogP contribution in [0.3, 0.4) is 0 Å². The zero-order valence-electron chi connectivity index (χ0n) is 12.3. The molecule has 0 bridgehead atoms. The Hall–Kier alpha value is -2.89. The van der Waals surface area contributed by atoms with Crippen LogP contribution >= 0.6 is 0 Å². The van der Waals surface area contributed by atoms with Crippen LogP contribution in [-0.2, 0) is 6.42 Å². The molecule has 0 radical (unpaired) electrons. The van der Waals surface area contributed by atoms with Crippen molar-refractivity contribution in [3.8, 4) is 0 Å². The number of hydrogen-bond donors (Lipinski definition) is 3. The Morgan fingerprint density at radius 1 is 1.27 bits per heavy atom. The summed E-state index contributed by atoms with van der Waals surface area (Å²) in [6, 6.07) is 9.13. The lowest BCUT2D eigenvalue weighted by molar-refractivity contribution is 0.0961. The van der Waals surface area contributed by atoms with Crippen LogP contribution in [0.4, 0.5) is 5.69 Å². The molecule has 0 atom stereocenters. The lowest BCUT2D eigenvalue weighted by atomic mass is 10.1. The fourth-order valence-corrected chi connectivity index (χ4v) is 2.10. The lowest BCUT2D eigenvalue weighted by Crippen LogP contribution is -2.18. The molecule has 0 unspecified atom stereocenters. The van der Waals surface area contributed by atoms with E-state index in [1.54, 1.807) is 25.4 Å². The minimum Gasteiger partial charge on any atom is -0.384 e. The molecule has 2 rings (SSSR count). The number of hydrogen-bond acceptors (Lipinski definition) is 4. The lowest BCUT2D eigenvalue weighted by Gasteiger charge is -2.10. The maximum Gasteiger partial charge on any atom is 0.252 e. The van der Waals surface area contributed by atoms with Gasteiger partial charge in [0, 0.05) is 31.5 Å². The van der Waals surface area contributed by atoms with Crippen molar-refractivity contribution in [2.24, 2.45) is 5.73 Å². The maximum absolute atomic E-state index is 11.6. The van der Waals surface area contributed by atoms with E-state index in [4.69, 9.17) is 5.73 Å². The molecular formula is C16H18N4O2.